The zero-order valence-electron chi connectivity index (χ0n) is 12.4. The van der Waals surface area contributed by atoms with Gasteiger partial charge in [0.1, 0.15) is 5.82 Å². The molecule has 2 aromatic rings. The Labute approximate surface area is 133 Å². The first-order chi connectivity index (χ1) is 10.1. The molecular weight excluding hydrogens is 332 g/mol. The maximum atomic E-state index is 5.02. The number of methoxy groups -OCH3 is 1. The van der Waals surface area contributed by atoms with Crippen LogP contribution in [-0.4, -0.2) is 30.2 Å². The highest BCUT2D eigenvalue weighted by Gasteiger charge is 2.05. The van der Waals surface area contributed by atoms with E-state index in [4.69, 9.17) is 4.74 Å². The Kier molecular flexibility index (Phi) is 5.52. The largest absolute Gasteiger partial charge is 0.383 e. The monoisotopic (exact) mass is 350 g/mol. The molecule has 6 heteroatoms. The Balaban J connectivity index is 2.15. The zero-order chi connectivity index (χ0) is 15.2. The number of nitrogens with one attached hydrogen (secondary N) is 2. The van der Waals surface area contributed by atoms with Crippen LogP contribution in [0.15, 0.2) is 28.7 Å². The normalized spacial score (nSPS) is 10.5. The molecule has 0 saturated carbocycles. The average Bonchev–Trinajstić information content (AvgIpc) is 2.42. The molecule has 0 spiro atoms. The molecule has 0 fully saturated rings. The summed E-state index contributed by atoms with van der Waals surface area (Å²) in [6.45, 7) is 5.34. The number of hydrogen-bond donors (Lipinski definition) is 2. The van der Waals surface area contributed by atoms with E-state index in [9.17, 15) is 0 Å². The molecule has 0 aliphatic rings. The van der Waals surface area contributed by atoms with Gasteiger partial charge in [0.15, 0.2) is 0 Å². The van der Waals surface area contributed by atoms with E-state index in [0.29, 0.717) is 19.1 Å². The molecule has 0 unspecified atom stereocenters. The van der Waals surface area contributed by atoms with Crippen LogP contribution in [0.25, 0.3) is 0 Å². The molecule has 5 nitrogen and oxygen atoms in total. The van der Waals surface area contributed by atoms with Crippen LogP contribution in [0.4, 0.5) is 17.5 Å². The molecule has 2 N–H and O–H groups in total. The molecule has 0 atom stereocenters. The smallest absolute Gasteiger partial charge is 0.229 e. The number of benzene rings is 1. The second kappa shape index (κ2) is 7.38. The predicted octanol–water partition coefficient (Wildman–Crippen LogP) is 3.66. The molecule has 1 aromatic heterocycles. The molecule has 0 aliphatic carbocycles. The third-order valence-electron chi connectivity index (χ3n) is 2.90. The molecule has 1 aromatic carbocycles. The first kappa shape index (κ1) is 15.7. The fourth-order valence-corrected chi connectivity index (χ4v) is 2.36. The van der Waals surface area contributed by atoms with E-state index in [0.717, 1.165) is 27.2 Å². The van der Waals surface area contributed by atoms with Crippen molar-refractivity contribution in [2.45, 2.75) is 13.8 Å². The molecule has 0 aliphatic heterocycles. The van der Waals surface area contributed by atoms with E-state index in [1.807, 2.05) is 32.0 Å². The summed E-state index contributed by atoms with van der Waals surface area (Å²) in [4.78, 5) is 8.88. The number of hydrogen-bond acceptors (Lipinski definition) is 5. The zero-order valence-corrected chi connectivity index (χ0v) is 14.0. The van der Waals surface area contributed by atoms with Crippen LogP contribution in [0.3, 0.4) is 0 Å². The van der Waals surface area contributed by atoms with Gasteiger partial charge in [0.05, 0.1) is 6.61 Å². The van der Waals surface area contributed by atoms with Crippen molar-refractivity contribution in [3.8, 4) is 0 Å². The lowest BCUT2D eigenvalue weighted by Crippen LogP contribution is -2.10. The number of ether oxygens (including phenoxy) is 1. The standard InChI is InChI=1S/C15H19BrN4O/c1-10-8-12(16)4-5-13(10)19-15-18-11(2)9-14(20-15)17-6-7-21-3/h4-5,8-9H,6-7H2,1-3H3,(H2,17,18,19,20). The van der Waals surface area contributed by atoms with Crippen LogP contribution in [0.2, 0.25) is 0 Å². The lowest BCUT2D eigenvalue weighted by molar-refractivity contribution is 0.210. The molecule has 21 heavy (non-hydrogen) atoms. The van der Waals surface area contributed by atoms with Gasteiger partial charge >= 0.3 is 0 Å². The fourth-order valence-electron chi connectivity index (χ4n) is 1.88. The van der Waals surface area contributed by atoms with E-state index in [2.05, 4.69) is 42.6 Å². The van der Waals surface area contributed by atoms with Gasteiger partial charge in [-0.05, 0) is 37.6 Å². The highest BCUT2D eigenvalue weighted by atomic mass is 79.9. The average molecular weight is 351 g/mol. The predicted molar refractivity (Wildman–Crippen MR) is 89.3 cm³/mol. The van der Waals surface area contributed by atoms with Gasteiger partial charge in [0.25, 0.3) is 0 Å². The third kappa shape index (κ3) is 4.68. The number of nitrogens with zero attached hydrogens (tertiary/aromatic N) is 2. The van der Waals surface area contributed by atoms with E-state index in [-0.39, 0.29) is 0 Å². The number of aromatic nitrogens is 2. The Morgan fingerprint density at radius 3 is 2.71 bits per heavy atom. The van der Waals surface area contributed by atoms with Crippen LogP contribution in [0, 0.1) is 13.8 Å². The molecule has 2 rings (SSSR count). The van der Waals surface area contributed by atoms with Crippen LogP contribution in [0.5, 0.6) is 0 Å². The first-order valence-corrected chi connectivity index (χ1v) is 7.49. The Morgan fingerprint density at radius 2 is 2.00 bits per heavy atom. The van der Waals surface area contributed by atoms with Gasteiger partial charge < -0.3 is 15.4 Å². The van der Waals surface area contributed by atoms with Crippen molar-refractivity contribution in [1.29, 1.82) is 0 Å². The summed E-state index contributed by atoms with van der Waals surface area (Å²) in [5.41, 5.74) is 3.03. The maximum Gasteiger partial charge on any atom is 0.229 e. The minimum absolute atomic E-state index is 0.584. The fraction of sp³-hybridized carbons (Fsp3) is 0.333. The highest BCUT2D eigenvalue weighted by Crippen LogP contribution is 2.23. The van der Waals surface area contributed by atoms with Crippen molar-refractivity contribution in [1.82, 2.24) is 9.97 Å². The second-order valence-corrected chi connectivity index (χ2v) is 5.64. The Morgan fingerprint density at radius 1 is 1.19 bits per heavy atom. The van der Waals surface area contributed by atoms with E-state index < -0.39 is 0 Å². The Hall–Kier alpha value is -1.66. The van der Waals surface area contributed by atoms with Gasteiger partial charge in [-0.15, -0.1) is 0 Å². The van der Waals surface area contributed by atoms with Gasteiger partial charge in [0.2, 0.25) is 5.95 Å². The van der Waals surface area contributed by atoms with Crippen molar-refractivity contribution in [2.24, 2.45) is 0 Å². The van der Waals surface area contributed by atoms with Crippen molar-refractivity contribution in [3.63, 3.8) is 0 Å². The van der Waals surface area contributed by atoms with E-state index >= 15 is 0 Å². The Bertz CT molecular complexity index is 619. The van der Waals surface area contributed by atoms with Crippen LogP contribution in [-0.2, 0) is 4.74 Å². The van der Waals surface area contributed by atoms with Crippen molar-refractivity contribution in [3.05, 3.63) is 40.0 Å². The summed E-state index contributed by atoms with van der Waals surface area (Å²) in [6, 6.07) is 7.96. The van der Waals surface area contributed by atoms with Crippen molar-refractivity contribution in [2.75, 3.05) is 30.9 Å². The molecule has 112 valence electrons. The van der Waals surface area contributed by atoms with Gasteiger partial charge in [-0.1, -0.05) is 15.9 Å². The van der Waals surface area contributed by atoms with Crippen LogP contribution >= 0.6 is 15.9 Å². The van der Waals surface area contributed by atoms with E-state index in [1.165, 1.54) is 0 Å². The minimum Gasteiger partial charge on any atom is -0.383 e. The van der Waals surface area contributed by atoms with Crippen LogP contribution < -0.4 is 10.6 Å². The molecular formula is C15H19BrN4O. The second-order valence-electron chi connectivity index (χ2n) is 4.72. The van der Waals surface area contributed by atoms with Gasteiger partial charge in [-0.3, -0.25) is 0 Å². The highest BCUT2D eigenvalue weighted by molar-refractivity contribution is 9.10. The number of rotatable bonds is 6. The third-order valence-corrected chi connectivity index (χ3v) is 3.39. The number of anilines is 3. The summed E-state index contributed by atoms with van der Waals surface area (Å²) in [6.07, 6.45) is 0. The van der Waals surface area contributed by atoms with Crippen molar-refractivity contribution < 1.29 is 4.74 Å². The SMILES string of the molecule is COCCNc1cc(C)nc(Nc2ccc(Br)cc2C)n1. The topological polar surface area (TPSA) is 59.1 Å². The van der Waals surface area contributed by atoms with Gasteiger partial charge in [0, 0.05) is 35.6 Å². The molecule has 0 radical (unpaired) electrons. The maximum absolute atomic E-state index is 5.02. The molecule has 1 heterocycles. The number of aryl methyl sites for hydroxylation is 2. The quantitative estimate of drug-likeness (QED) is 0.778. The first-order valence-electron chi connectivity index (χ1n) is 6.70. The van der Waals surface area contributed by atoms with Gasteiger partial charge in [-0.25, -0.2) is 4.98 Å². The van der Waals surface area contributed by atoms with Crippen molar-refractivity contribution >= 4 is 33.4 Å². The molecule has 0 saturated heterocycles. The minimum atomic E-state index is 0.584. The lowest BCUT2D eigenvalue weighted by Gasteiger charge is -2.11. The summed E-state index contributed by atoms with van der Waals surface area (Å²) in [5.74, 6) is 1.37. The van der Waals surface area contributed by atoms with Crippen LogP contribution in [0.1, 0.15) is 11.3 Å². The summed E-state index contributed by atoms with van der Waals surface area (Å²) < 4.78 is 6.07. The summed E-state index contributed by atoms with van der Waals surface area (Å²) in [7, 11) is 1.68. The lowest BCUT2D eigenvalue weighted by atomic mass is 10.2. The summed E-state index contributed by atoms with van der Waals surface area (Å²) >= 11 is 3.46. The summed E-state index contributed by atoms with van der Waals surface area (Å²) in [5, 5.41) is 6.47. The molecule has 0 amide bonds. The van der Waals surface area contributed by atoms with Gasteiger partial charge in [-0.2, -0.15) is 4.98 Å². The molecule has 0 bridgehead atoms. The number of halogens is 1. The van der Waals surface area contributed by atoms with E-state index in [1.54, 1.807) is 7.11 Å².